The highest BCUT2D eigenvalue weighted by Crippen LogP contribution is 2.32. The van der Waals surface area contributed by atoms with Crippen LogP contribution in [0.5, 0.6) is 0 Å². The molecular weight excluding hydrogens is 278 g/mol. The summed E-state index contributed by atoms with van der Waals surface area (Å²) in [6.07, 6.45) is 1.03. The van der Waals surface area contributed by atoms with Gasteiger partial charge in [0.25, 0.3) is 0 Å². The molecule has 0 saturated heterocycles. The van der Waals surface area contributed by atoms with Crippen molar-refractivity contribution in [2.24, 2.45) is 0 Å². The van der Waals surface area contributed by atoms with Crippen molar-refractivity contribution in [1.82, 2.24) is 5.32 Å². The summed E-state index contributed by atoms with van der Waals surface area (Å²) in [5, 5.41) is 4.60. The van der Waals surface area contributed by atoms with E-state index < -0.39 is 0 Å². The van der Waals surface area contributed by atoms with Crippen molar-refractivity contribution in [1.29, 1.82) is 0 Å². The zero-order chi connectivity index (χ0) is 12.4. The number of rotatable bonds is 4. The molecule has 0 bridgehead atoms. The molecule has 0 amide bonds. The third-order valence-electron chi connectivity index (χ3n) is 3.05. The van der Waals surface area contributed by atoms with Gasteiger partial charge in [-0.1, -0.05) is 35.8 Å². The quantitative estimate of drug-likeness (QED) is 0.894. The van der Waals surface area contributed by atoms with Crippen LogP contribution >= 0.6 is 15.9 Å². The Balaban J connectivity index is 2.50. The molecule has 0 saturated carbocycles. The first-order valence-corrected chi connectivity index (χ1v) is 6.88. The molecule has 1 heterocycles. The van der Waals surface area contributed by atoms with Crippen LogP contribution in [0.1, 0.15) is 37.6 Å². The molecule has 0 aliphatic heterocycles. The SMILES string of the molecule is CCNC(CC)c1cc2c(Br)ccc(C)c2o1. The number of aryl methyl sites for hydroxylation is 1. The van der Waals surface area contributed by atoms with E-state index in [2.05, 4.69) is 60.2 Å². The zero-order valence-corrected chi connectivity index (χ0v) is 12.1. The van der Waals surface area contributed by atoms with E-state index in [1.165, 1.54) is 5.56 Å². The highest BCUT2D eigenvalue weighted by Gasteiger charge is 2.15. The van der Waals surface area contributed by atoms with Crippen LogP contribution in [-0.2, 0) is 0 Å². The van der Waals surface area contributed by atoms with Gasteiger partial charge in [0.05, 0.1) is 6.04 Å². The molecule has 1 N–H and O–H groups in total. The highest BCUT2D eigenvalue weighted by atomic mass is 79.9. The molecule has 17 heavy (non-hydrogen) atoms. The largest absolute Gasteiger partial charge is 0.459 e. The van der Waals surface area contributed by atoms with Crippen molar-refractivity contribution in [2.75, 3.05) is 6.54 Å². The van der Waals surface area contributed by atoms with Crippen molar-refractivity contribution in [3.8, 4) is 0 Å². The Morgan fingerprint density at radius 2 is 2.12 bits per heavy atom. The molecule has 1 aromatic carbocycles. The van der Waals surface area contributed by atoms with Crippen molar-refractivity contribution in [3.63, 3.8) is 0 Å². The van der Waals surface area contributed by atoms with Gasteiger partial charge < -0.3 is 9.73 Å². The second-order valence-corrected chi connectivity index (χ2v) is 5.13. The average Bonchev–Trinajstić information content (AvgIpc) is 2.77. The Hall–Kier alpha value is -0.800. The lowest BCUT2D eigenvalue weighted by Gasteiger charge is -2.12. The van der Waals surface area contributed by atoms with E-state index in [9.17, 15) is 0 Å². The van der Waals surface area contributed by atoms with Gasteiger partial charge in [-0.3, -0.25) is 0 Å². The lowest BCUT2D eigenvalue weighted by molar-refractivity contribution is 0.428. The summed E-state index contributed by atoms with van der Waals surface area (Å²) < 4.78 is 7.09. The summed E-state index contributed by atoms with van der Waals surface area (Å²) >= 11 is 3.57. The smallest absolute Gasteiger partial charge is 0.138 e. The van der Waals surface area contributed by atoms with Gasteiger partial charge in [-0.15, -0.1) is 0 Å². The highest BCUT2D eigenvalue weighted by molar-refractivity contribution is 9.10. The van der Waals surface area contributed by atoms with Crippen LogP contribution in [-0.4, -0.2) is 6.54 Å². The van der Waals surface area contributed by atoms with Gasteiger partial charge in [0.2, 0.25) is 0 Å². The number of hydrogen-bond acceptors (Lipinski definition) is 2. The molecule has 1 aromatic heterocycles. The minimum atomic E-state index is 0.304. The Bertz CT molecular complexity index is 479. The Morgan fingerprint density at radius 3 is 2.71 bits per heavy atom. The lowest BCUT2D eigenvalue weighted by atomic mass is 10.1. The zero-order valence-electron chi connectivity index (χ0n) is 10.5. The summed E-state index contributed by atoms with van der Waals surface area (Å²) in [7, 11) is 0. The standard InChI is InChI=1S/C14H18BrNO/c1-4-12(16-5-2)13-8-10-11(15)7-6-9(3)14(10)17-13/h6-8,12,16H,4-5H2,1-3H3. The summed E-state index contributed by atoms with van der Waals surface area (Å²) in [6, 6.07) is 6.60. The number of halogens is 1. The summed E-state index contributed by atoms with van der Waals surface area (Å²) in [5.41, 5.74) is 2.17. The Morgan fingerprint density at radius 1 is 1.35 bits per heavy atom. The first kappa shape index (κ1) is 12.7. The first-order valence-electron chi connectivity index (χ1n) is 6.09. The maximum absolute atomic E-state index is 5.99. The third kappa shape index (κ3) is 2.40. The fraction of sp³-hybridized carbons (Fsp3) is 0.429. The van der Waals surface area contributed by atoms with Gasteiger partial charge in [-0.05, 0) is 37.6 Å². The lowest BCUT2D eigenvalue weighted by Crippen LogP contribution is -2.19. The molecule has 2 rings (SSSR count). The van der Waals surface area contributed by atoms with Gasteiger partial charge in [-0.25, -0.2) is 0 Å². The predicted octanol–water partition coefficient (Wildman–Crippen LogP) is 4.56. The summed E-state index contributed by atoms with van der Waals surface area (Å²) in [5.74, 6) is 1.03. The number of fused-ring (bicyclic) bond motifs is 1. The molecule has 0 aliphatic rings. The number of furan rings is 1. The second-order valence-electron chi connectivity index (χ2n) is 4.27. The molecule has 1 unspecified atom stereocenters. The van der Waals surface area contributed by atoms with E-state index in [0.29, 0.717) is 6.04 Å². The van der Waals surface area contributed by atoms with Crippen LogP contribution in [0.2, 0.25) is 0 Å². The van der Waals surface area contributed by atoms with E-state index >= 15 is 0 Å². The van der Waals surface area contributed by atoms with Crippen LogP contribution in [0.3, 0.4) is 0 Å². The summed E-state index contributed by atoms with van der Waals surface area (Å²) in [4.78, 5) is 0. The van der Waals surface area contributed by atoms with Crippen molar-refractivity contribution in [2.45, 2.75) is 33.2 Å². The second kappa shape index (κ2) is 5.23. The fourth-order valence-electron chi connectivity index (χ4n) is 2.11. The van der Waals surface area contributed by atoms with Crippen LogP contribution in [0.25, 0.3) is 11.0 Å². The van der Waals surface area contributed by atoms with Gasteiger partial charge in [0.1, 0.15) is 11.3 Å². The molecule has 0 aliphatic carbocycles. The monoisotopic (exact) mass is 295 g/mol. The molecule has 2 nitrogen and oxygen atoms in total. The molecule has 0 spiro atoms. The van der Waals surface area contributed by atoms with E-state index in [1.54, 1.807) is 0 Å². The van der Waals surface area contributed by atoms with Gasteiger partial charge >= 0.3 is 0 Å². The van der Waals surface area contributed by atoms with Gasteiger partial charge in [0.15, 0.2) is 0 Å². The van der Waals surface area contributed by atoms with Crippen molar-refractivity contribution >= 4 is 26.9 Å². The topological polar surface area (TPSA) is 25.2 Å². The van der Waals surface area contributed by atoms with Crippen LogP contribution in [0.15, 0.2) is 27.1 Å². The van der Waals surface area contributed by atoms with Crippen LogP contribution < -0.4 is 5.32 Å². The van der Waals surface area contributed by atoms with Crippen LogP contribution in [0, 0.1) is 6.92 Å². The average molecular weight is 296 g/mol. The number of hydrogen-bond donors (Lipinski definition) is 1. The Labute approximate surface area is 111 Å². The van der Waals surface area contributed by atoms with E-state index in [4.69, 9.17) is 4.42 Å². The first-order chi connectivity index (χ1) is 8.17. The van der Waals surface area contributed by atoms with E-state index in [0.717, 1.165) is 34.2 Å². The molecule has 3 heteroatoms. The molecule has 2 aromatic rings. The molecule has 92 valence electrons. The maximum atomic E-state index is 5.99. The minimum absolute atomic E-state index is 0.304. The van der Waals surface area contributed by atoms with Crippen molar-refractivity contribution in [3.05, 3.63) is 34.0 Å². The Kier molecular flexibility index (Phi) is 3.89. The maximum Gasteiger partial charge on any atom is 0.138 e. The van der Waals surface area contributed by atoms with Gasteiger partial charge in [-0.2, -0.15) is 0 Å². The van der Waals surface area contributed by atoms with Gasteiger partial charge in [0, 0.05) is 9.86 Å². The third-order valence-corrected chi connectivity index (χ3v) is 3.74. The van der Waals surface area contributed by atoms with E-state index in [1.807, 2.05) is 0 Å². The summed E-state index contributed by atoms with van der Waals surface area (Å²) in [6.45, 7) is 7.32. The van der Waals surface area contributed by atoms with E-state index in [-0.39, 0.29) is 0 Å². The normalized spacial score (nSPS) is 13.2. The molecule has 1 atom stereocenters. The predicted molar refractivity (Wildman–Crippen MR) is 75.4 cm³/mol. The van der Waals surface area contributed by atoms with Crippen molar-refractivity contribution < 1.29 is 4.42 Å². The fourth-order valence-corrected chi connectivity index (χ4v) is 2.53. The molecule has 0 radical (unpaired) electrons. The molecular formula is C14H18BrNO. The minimum Gasteiger partial charge on any atom is -0.459 e. The molecule has 0 fully saturated rings. The number of benzene rings is 1. The van der Waals surface area contributed by atoms with Crippen LogP contribution in [0.4, 0.5) is 0 Å². The number of nitrogens with one attached hydrogen (secondary N) is 1.